The van der Waals surface area contributed by atoms with Crippen LogP contribution in [0.2, 0.25) is 0 Å². The summed E-state index contributed by atoms with van der Waals surface area (Å²) in [7, 11) is 0. The molecule has 0 saturated heterocycles. The van der Waals surface area contributed by atoms with E-state index in [1.54, 1.807) is 0 Å². The Morgan fingerprint density at radius 2 is 0.791 bits per heavy atom. The number of para-hydroxylation sites is 1. The van der Waals surface area contributed by atoms with E-state index >= 15 is 0 Å². The molecule has 0 spiro atoms. The first kappa shape index (κ1) is 25.1. The van der Waals surface area contributed by atoms with E-state index in [2.05, 4.69) is 181 Å². The van der Waals surface area contributed by atoms with Crippen LogP contribution in [-0.2, 0) is 0 Å². The van der Waals surface area contributed by atoms with Crippen molar-refractivity contribution in [1.82, 2.24) is 0 Å². The Bertz CT molecular complexity index is 2230. The Labute approximate surface area is 251 Å². The van der Waals surface area contributed by atoms with Gasteiger partial charge in [0.15, 0.2) is 0 Å². The molecule has 0 bridgehead atoms. The molecule has 0 aliphatic rings. The number of benzene rings is 8. The third-order valence-electron chi connectivity index (χ3n) is 8.43. The number of fused-ring (bicyclic) bond motifs is 4. The third kappa shape index (κ3) is 4.26. The maximum Gasteiger partial charge on any atom is 0.0625 e. The zero-order valence-corrected chi connectivity index (χ0v) is 23.7. The van der Waals surface area contributed by atoms with Gasteiger partial charge in [-0.1, -0.05) is 164 Å². The first-order chi connectivity index (χ1) is 21.4. The highest BCUT2D eigenvalue weighted by molar-refractivity contribution is 6.23. The zero-order valence-electron chi connectivity index (χ0n) is 23.7. The highest BCUT2D eigenvalue weighted by Gasteiger charge is 2.26. The van der Waals surface area contributed by atoms with Crippen molar-refractivity contribution in [2.24, 2.45) is 0 Å². The van der Waals surface area contributed by atoms with Crippen LogP contribution in [0.1, 0.15) is 0 Å². The SMILES string of the molecule is c1ccc(-c2ccccc2N(c2cccc3ccccc23)c2c(-c3ccccc3)c3ccccc3c3ccccc23)cc1. The van der Waals surface area contributed by atoms with Crippen LogP contribution < -0.4 is 4.90 Å². The third-order valence-corrected chi connectivity index (χ3v) is 8.43. The van der Waals surface area contributed by atoms with Gasteiger partial charge in [-0.15, -0.1) is 0 Å². The fraction of sp³-hybridized carbons (Fsp3) is 0. The van der Waals surface area contributed by atoms with Gasteiger partial charge in [-0.2, -0.15) is 0 Å². The van der Waals surface area contributed by atoms with Gasteiger partial charge in [-0.25, -0.2) is 0 Å². The summed E-state index contributed by atoms with van der Waals surface area (Å²) in [5, 5.41) is 7.39. The van der Waals surface area contributed by atoms with Crippen molar-refractivity contribution in [2.75, 3.05) is 4.90 Å². The minimum absolute atomic E-state index is 1.14. The molecule has 0 atom stereocenters. The molecule has 0 unspecified atom stereocenters. The smallest absolute Gasteiger partial charge is 0.0625 e. The van der Waals surface area contributed by atoms with Crippen LogP contribution in [0.25, 0.3) is 54.6 Å². The molecule has 8 aromatic carbocycles. The molecule has 0 aromatic heterocycles. The second-order valence-corrected chi connectivity index (χ2v) is 10.9. The van der Waals surface area contributed by atoms with Gasteiger partial charge in [0.2, 0.25) is 0 Å². The van der Waals surface area contributed by atoms with Crippen LogP contribution in [0.3, 0.4) is 0 Å². The van der Waals surface area contributed by atoms with E-state index < -0.39 is 0 Å². The summed E-state index contributed by atoms with van der Waals surface area (Å²) in [6, 6.07) is 63.5. The monoisotopic (exact) mass is 547 g/mol. The largest absolute Gasteiger partial charge is 0.308 e. The lowest BCUT2D eigenvalue weighted by atomic mass is 9.89. The Hall–Kier alpha value is -5.66. The number of hydrogen-bond donors (Lipinski definition) is 0. The summed E-state index contributed by atoms with van der Waals surface area (Å²) in [5.74, 6) is 0. The fourth-order valence-corrected chi connectivity index (χ4v) is 6.56. The maximum atomic E-state index is 2.52. The lowest BCUT2D eigenvalue weighted by Crippen LogP contribution is -2.14. The van der Waals surface area contributed by atoms with E-state index in [4.69, 9.17) is 0 Å². The Kier molecular flexibility index (Phi) is 6.20. The molecule has 202 valence electrons. The molecule has 0 aliphatic carbocycles. The van der Waals surface area contributed by atoms with Gasteiger partial charge in [0.05, 0.1) is 17.1 Å². The van der Waals surface area contributed by atoms with Gasteiger partial charge in [-0.3, -0.25) is 0 Å². The molecular formula is C42H29N. The van der Waals surface area contributed by atoms with Crippen LogP contribution in [0, 0.1) is 0 Å². The second kappa shape index (κ2) is 10.6. The molecule has 0 fully saturated rings. The first-order valence-corrected chi connectivity index (χ1v) is 14.8. The average Bonchev–Trinajstić information content (AvgIpc) is 3.09. The van der Waals surface area contributed by atoms with Crippen molar-refractivity contribution in [2.45, 2.75) is 0 Å². The highest BCUT2D eigenvalue weighted by Crippen LogP contribution is 2.52. The molecule has 0 N–H and O–H groups in total. The predicted octanol–water partition coefficient (Wildman–Crippen LogP) is 11.9. The molecule has 8 rings (SSSR count). The van der Waals surface area contributed by atoms with Gasteiger partial charge in [0.25, 0.3) is 0 Å². The summed E-state index contributed by atoms with van der Waals surface area (Å²) in [4.78, 5) is 2.52. The highest BCUT2D eigenvalue weighted by atomic mass is 15.2. The number of nitrogens with zero attached hydrogens (tertiary/aromatic N) is 1. The van der Waals surface area contributed by atoms with Crippen molar-refractivity contribution in [1.29, 1.82) is 0 Å². The number of anilines is 3. The molecule has 8 aromatic rings. The minimum atomic E-state index is 1.14. The van der Waals surface area contributed by atoms with Crippen molar-refractivity contribution >= 4 is 49.4 Å². The summed E-state index contributed by atoms with van der Waals surface area (Å²) < 4.78 is 0. The molecule has 0 radical (unpaired) electrons. The van der Waals surface area contributed by atoms with Crippen LogP contribution in [-0.4, -0.2) is 0 Å². The molecule has 0 amide bonds. The molecule has 0 heterocycles. The average molecular weight is 548 g/mol. The van der Waals surface area contributed by atoms with Crippen molar-refractivity contribution in [3.63, 3.8) is 0 Å². The predicted molar refractivity (Wildman–Crippen MR) is 185 cm³/mol. The zero-order chi connectivity index (χ0) is 28.6. The topological polar surface area (TPSA) is 3.24 Å². The van der Waals surface area contributed by atoms with Gasteiger partial charge < -0.3 is 4.90 Å². The summed E-state index contributed by atoms with van der Waals surface area (Å²) >= 11 is 0. The van der Waals surface area contributed by atoms with Crippen LogP contribution in [0.5, 0.6) is 0 Å². The molecule has 0 saturated carbocycles. The Morgan fingerprint density at radius 1 is 0.302 bits per heavy atom. The minimum Gasteiger partial charge on any atom is -0.308 e. The van der Waals surface area contributed by atoms with Crippen molar-refractivity contribution in [3.8, 4) is 22.3 Å². The summed E-state index contributed by atoms with van der Waals surface area (Å²) in [6.07, 6.45) is 0. The van der Waals surface area contributed by atoms with Gasteiger partial charge in [-0.05, 0) is 44.8 Å². The maximum absolute atomic E-state index is 2.52. The standard InChI is InChI=1S/C42H29N/c1-3-16-30(17-4-1)33-23-13-14-28-39(33)43(40-29-15-21-31-18-7-8-22-34(31)40)42-38-27-12-10-25-36(38)35-24-9-11-26-37(35)41(42)32-19-5-2-6-20-32/h1-29H. The Balaban J connectivity index is 1.60. The van der Waals surface area contributed by atoms with E-state index in [-0.39, 0.29) is 0 Å². The summed E-state index contributed by atoms with van der Waals surface area (Å²) in [5.41, 5.74) is 8.27. The molecule has 1 heteroatoms. The van der Waals surface area contributed by atoms with E-state index in [0.29, 0.717) is 0 Å². The normalized spacial score (nSPS) is 11.3. The lowest BCUT2D eigenvalue weighted by molar-refractivity contribution is 1.32. The Morgan fingerprint density at radius 3 is 1.53 bits per heavy atom. The van der Waals surface area contributed by atoms with E-state index in [1.165, 1.54) is 60.3 Å². The van der Waals surface area contributed by atoms with Crippen molar-refractivity contribution in [3.05, 3.63) is 176 Å². The van der Waals surface area contributed by atoms with Crippen LogP contribution >= 0.6 is 0 Å². The molecule has 43 heavy (non-hydrogen) atoms. The second-order valence-electron chi connectivity index (χ2n) is 10.9. The molecular weight excluding hydrogens is 518 g/mol. The summed E-state index contributed by atoms with van der Waals surface area (Å²) in [6.45, 7) is 0. The molecule has 1 nitrogen and oxygen atoms in total. The van der Waals surface area contributed by atoms with Crippen molar-refractivity contribution < 1.29 is 0 Å². The van der Waals surface area contributed by atoms with E-state index in [1.807, 2.05) is 0 Å². The fourth-order valence-electron chi connectivity index (χ4n) is 6.56. The van der Waals surface area contributed by atoms with Gasteiger partial charge in [0.1, 0.15) is 0 Å². The van der Waals surface area contributed by atoms with Crippen LogP contribution in [0.4, 0.5) is 17.1 Å². The number of rotatable bonds is 5. The first-order valence-electron chi connectivity index (χ1n) is 14.8. The quantitative estimate of drug-likeness (QED) is 0.194. The van der Waals surface area contributed by atoms with Gasteiger partial charge >= 0.3 is 0 Å². The van der Waals surface area contributed by atoms with E-state index in [0.717, 1.165) is 11.4 Å². The van der Waals surface area contributed by atoms with Crippen LogP contribution in [0.15, 0.2) is 176 Å². The lowest BCUT2D eigenvalue weighted by Gasteiger charge is -2.33. The van der Waals surface area contributed by atoms with Gasteiger partial charge in [0, 0.05) is 21.9 Å². The molecule has 0 aliphatic heterocycles. The van der Waals surface area contributed by atoms with E-state index in [9.17, 15) is 0 Å². The number of hydrogen-bond acceptors (Lipinski definition) is 1.